The van der Waals surface area contributed by atoms with Crippen molar-refractivity contribution in [1.29, 1.82) is 0 Å². The van der Waals surface area contributed by atoms with E-state index in [4.69, 9.17) is 5.73 Å². The van der Waals surface area contributed by atoms with E-state index in [1.807, 2.05) is 4.90 Å². The van der Waals surface area contributed by atoms with Gasteiger partial charge in [-0.3, -0.25) is 4.79 Å². The Hall–Kier alpha value is -1.01. The topological polar surface area (TPSA) is 72.1 Å². The summed E-state index contributed by atoms with van der Waals surface area (Å²) < 4.78 is 3.74. The van der Waals surface area contributed by atoms with Crippen LogP contribution in [0.2, 0.25) is 0 Å². The summed E-state index contributed by atoms with van der Waals surface area (Å²) in [6.07, 6.45) is 3.50. The van der Waals surface area contributed by atoms with E-state index < -0.39 is 0 Å². The number of rotatable bonds is 1. The number of likely N-dealkylation sites (tertiary alicyclic amines) is 1. The maximum absolute atomic E-state index is 12.1. The monoisotopic (exact) mass is 252 g/mol. The summed E-state index contributed by atoms with van der Waals surface area (Å²) in [7, 11) is 0. The van der Waals surface area contributed by atoms with Crippen molar-refractivity contribution in [3.05, 3.63) is 11.1 Å². The Bertz CT molecular complexity index is 408. The second-order valence-corrected chi connectivity index (χ2v) is 5.63. The maximum atomic E-state index is 12.1. The molecular formula is C11H16N4OS. The molecule has 6 heteroatoms. The third-order valence-corrected chi connectivity index (χ3v) is 4.52. The van der Waals surface area contributed by atoms with Crippen LogP contribution in [-0.2, 0) is 0 Å². The van der Waals surface area contributed by atoms with Crippen LogP contribution in [0.15, 0.2) is 5.38 Å². The van der Waals surface area contributed by atoms with E-state index in [1.165, 1.54) is 24.4 Å². The van der Waals surface area contributed by atoms with Crippen LogP contribution in [0.3, 0.4) is 0 Å². The van der Waals surface area contributed by atoms with Gasteiger partial charge in [-0.2, -0.15) is 0 Å². The molecule has 3 unspecified atom stereocenters. The Morgan fingerprint density at radius 2 is 2.35 bits per heavy atom. The lowest BCUT2D eigenvalue weighted by Crippen LogP contribution is -2.38. The van der Waals surface area contributed by atoms with E-state index in [-0.39, 0.29) is 11.9 Å². The van der Waals surface area contributed by atoms with E-state index in [9.17, 15) is 4.79 Å². The minimum atomic E-state index is 0.0142. The molecule has 2 aliphatic rings. The SMILES string of the molecule is NC1CCCC2CN(C(=O)c3csnn3)CC12. The maximum Gasteiger partial charge on any atom is 0.275 e. The van der Waals surface area contributed by atoms with Crippen LogP contribution >= 0.6 is 11.5 Å². The smallest absolute Gasteiger partial charge is 0.275 e. The number of hydrogen-bond donors (Lipinski definition) is 1. The van der Waals surface area contributed by atoms with Gasteiger partial charge in [0, 0.05) is 24.5 Å². The van der Waals surface area contributed by atoms with Crippen LogP contribution in [0.25, 0.3) is 0 Å². The van der Waals surface area contributed by atoms with Crippen LogP contribution in [0.1, 0.15) is 29.8 Å². The molecular weight excluding hydrogens is 236 g/mol. The number of aromatic nitrogens is 2. The van der Waals surface area contributed by atoms with Gasteiger partial charge in [-0.15, -0.1) is 5.10 Å². The van der Waals surface area contributed by atoms with Crippen molar-refractivity contribution in [2.24, 2.45) is 17.6 Å². The summed E-state index contributed by atoms with van der Waals surface area (Å²) in [6, 6.07) is 0.264. The fourth-order valence-electron chi connectivity index (χ4n) is 3.10. The first-order chi connectivity index (χ1) is 8.25. The van der Waals surface area contributed by atoms with E-state index >= 15 is 0 Å². The normalized spacial score (nSPS) is 32.5. The van der Waals surface area contributed by atoms with Gasteiger partial charge in [0.2, 0.25) is 0 Å². The highest BCUT2D eigenvalue weighted by molar-refractivity contribution is 7.03. The zero-order valence-corrected chi connectivity index (χ0v) is 10.4. The Morgan fingerprint density at radius 3 is 3.06 bits per heavy atom. The average Bonchev–Trinajstić information content (AvgIpc) is 2.98. The molecule has 3 atom stereocenters. The number of nitrogens with two attached hydrogens (primary N) is 1. The molecule has 0 radical (unpaired) electrons. The van der Waals surface area contributed by atoms with Gasteiger partial charge in [-0.25, -0.2) is 0 Å². The van der Waals surface area contributed by atoms with Crippen molar-refractivity contribution >= 4 is 17.4 Å². The van der Waals surface area contributed by atoms with Crippen molar-refractivity contribution in [3.8, 4) is 0 Å². The molecule has 3 rings (SSSR count). The second-order valence-electron chi connectivity index (χ2n) is 5.02. The second kappa shape index (κ2) is 4.34. The molecule has 17 heavy (non-hydrogen) atoms. The minimum absolute atomic E-state index is 0.0142. The van der Waals surface area contributed by atoms with Gasteiger partial charge in [-0.05, 0) is 36.2 Å². The lowest BCUT2D eigenvalue weighted by atomic mass is 9.78. The van der Waals surface area contributed by atoms with Crippen LogP contribution in [0.4, 0.5) is 0 Å². The van der Waals surface area contributed by atoms with Gasteiger partial charge in [0.1, 0.15) is 0 Å². The third kappa shape index (κ3) is 1.95. The molecule has 1 aromatic heterocycles. The Balaban J connectivity index is 1.73. The summed E-state index contributed by atoms with van der Waals surface area (Å²) in [6.45, 7) is 1.64. The quantitative estimate of drug-likeness (QED) is 0.800. The number of carbonyl (C=O) groups excluding carboxylic acids is 1. The summed E-state index contributed by atoms with van der Waals surface area (Å²) in [5.41, 5.74) is 6.61. The Labute approximate surface area is 104 Å². The van der Waals surface area contributed by atoms with Crippen molar-refractivity contribution < 1.29 is 4.79 Å². The molecule has 2 heterocycles. The summed E-state index contributed by atoms with van der Waals surface area (Å²) in [5, 5.41) is 5.56. The lowest BCUT2D eigenvalue weighted by molar-refractivity contribution is 0.0777. The van der Waals surface area contributed by atoms with Crippen LogP contribution in [0, 0.1) is 11.8 Å². The van der Waals surface area contributed by atoms with Gasteiger partial charge < -0.3 is 10.6 Å². The highest BCUT2D eigenvalue weighted by Crippen LogP contribution is 2.35. The number of carbonyl (C=O) groups is 1. The number of hydrogen-bond acceptors (Lipinski definition) is 5. The van der Waals surface area contributed by atoms with Crippen molar-refractivity contribution in [1.82, 2.24) is 14.5 Å². The molecule has 92 valence electrons. The van der Waals surface area contributed by atoms with E-state index in [2.05, 4.69) is 9.59 Å². The zero-order chi connectivity index (χ0) is 11.8. The highest BCUT2D eigenvalue weighted by atomic mass is 32.1. The van der Waals surface area contributed by atoms with Gasteiger partial charge in [-0.1, -0.05) is 10.9 Å². The molecule has 1 aliphatic heterocycles. The molecule has 5 nitrogen and oxygen atoms in total. The third-order valence-electron chi connectivity index (χ3n) is 4.02. The first-order valence-corrected chi connectivity index (χ1v) is 6.91. The molecule has 0 aromatic carbocycles. The fourth-order valence-corrected chi connectivity index (χ4v) is 3.53. The van der Waals surface area contributed by atoms with Crippen LogP contribution < -0.4 is 5.73 Å². The molecule has 1 aliphatic carbocycles. The minimum Gasteiger partial charge on any atom is -0.337 e. The highest BCUT2D eigenvalue weighted by Gasteiger charge is 2.40. The summed E-state index contributed by atoms with van der Waals surface area (Å²) in [5.74, 6) is 1.09. The molecule has 1 saturated heterocycles. The van der Waals surface area contributed by atoms with Crippen molar-refractivity contribution in [2.75, 3.05) is 13.1 Å². The van der Waals surface area contributed by atoms with Gasteiger partial charge in [0.25, 0.3) is 5.91 Å². The van der Waals surface area contributed by atoms with Crippen LogP contribution in [0.5, 0.6) is 0 Å². The summed E-state index contributed by atoms with van der Waals surface area (Å²) >= 11 is 1.22. The first-order valence-electron chi connectivity index (χ1n) is 6.07. The Morgan fingerprint density at radius 1 is 1.47 bits per heavy atom. The van der Waals surface area contributed by atoms with Crippen LogP contribution in [-0.4, -0.2) is 39.5 Å². The molecule has 0 bridgehead atoms. The number of nitrogens with zero attached hydrogens (tertiary/aromatic N) is 3. The predicted octanol–water partition coefficient (Wildman–Crippen LogP) is 0.737. The number of amides is 1. The molecule has 2 fully saturated rings. The zero-order valence-electron chi connectivity index (χ0n) is 9.58. The van der Waals surface area contributed by atoms with Gasteiger partial charge in [0.15, 0.2) is 5.69 Å². The predicted molar refractivity (Wildman–Crippen MR) is 64.6 cm³/mol. The molecule has 1 amide bonds. The Kier molecular flexibility index (Phi) is 2.84. The van der Waals surface area contributed by atoms with Crippen molar-refractivity contribution in [2.45, 2.75) is 25.3 Å². The van der Waals surface area contributed by atoms with E-state index in [1.54, 1.807) is 5.38 Å². The fraction of sp³-hybridized carbons (Fsp3) is 0.727. The molecule has 1 saturated carbocycles. The lowest BCUT2D eigenvalue weighted by Gasteiger charge is -2.29. The van der Waals surface area contributed by atoms with E-state index in [0.717, 1.165) is 19.5 Å². The molecule has 1 aromatic rings. The molecule has 0 spiro atoms. The standard InChI is InChI=1S/C11H16N4OS/c12-9-3-1-2-7-4-15(5-8(7)9)11(16)10-6-17-14-13-10/h6-9H,1-5,12H2. The molecule has 2 N–H and O–H groups in total. The number of fused-ring (bicyclic) bond motifs is 1. The van der Waals surface area contributed by atoms with Gasteiger partial charge >= 0.3 is 0 Å². The van der Waals surface area contributed by atoms with Gasteiger partial charge in [0.05, 0.1) is 0 Å². The summed E-state index contributed by atoms with van der Waals surface area (Å²) in [4.78, 5) is 14.0. The largest absolute Gasteiger partial charge is 0.337 e. The first kappa shape index (κ1) is 11.1. The average molecular weight is 252 g/mol. The van der Waals surface area contributed by atoms with E-state index in [0.29, 0.717) is 17.5 Å². The van der Waals surface area contributed by atoms with Crippen molar-refractivity contribution in [3.63, 3.8) is 0 Å².